The Hall–Kier alpha value is -4.17. The van der Waals surface area contributed by atoms with Crippen LogP contribution in [-0.4, -0.2) is 50.2 Å². The molecule has 202 valence electrons. The average Bonchev–Trinajstić information content (AvgIpc) is 3.33. The van der Waals surface area contributed by atoms with Crippen LogP contribution >= 0.6 is 23.1 Å². The quantitative estimate of drug-likeness (QED) is 0.380. The van der Waals surface area contributed by atoms with Gasteiger partial charge in [0.25, 0.3) is 5.91 Å². The molecule has 0 unspecified atom stereocenters. The van der Waals surface area contributed by atoms with Gasteiger partial charge in [-0.15, -0.1) is 0 Å². The molecule has 2 aromatic carbocycles. The standard InChI is InChI=1S/C25H21FN4O7S2/c1-2-37-15-9-11(3-8-14(15)31)17-18-19(22(34)30(21(18)33)24(27)35)38-23-20(17)39-25(36)29(23)10-16(32)28-13-6-4-12(26)5-7-13/h3-9,17-19,31H,2,10H2,1H3,(H2,27,35)(H,28,32)/t17-,18+,19-/m0/s1. The highest BCUT2D eigenvalue weighted by Crippen LogP contribution is 2.53. The number of aromatic hydroxyl groups is 1. The van der Waals surface area contributed by atoms with E-state index < -0.39 is 58.1 Å². The average molecular weight is 573 g/mol. The number of nitrogens with two attached hydrogens (primary N) is 1. The number of benzene rings is 2. The Labute approximate surface area is 228 Å². The summed E-state index contributed by atoms with van der Waals surface area (Å²) in [5.74, 6) is -4.60. The molecule has 0 spiro atoms. The molecule has 0 radical (unpaired) electrons. The Bertz CT molecular complexity index is 1570. The van der Waals surface area contributed by atoms with E-state index in [1.54, 1.807) is 13.0 Å². The van der Waals surface area contributed by atoms with Gasteiger partial charge in [-0.2, -0.15) is 4.90 Å². The number of likely N-dealkylation sites (tertiary alicyclic amines) is 1. The Kier molecular flexibility index (Phi) is 6.91. The van der Waals surface area contributed by atoms with E-state index in [4.69, 9.17) is 10.5 Å². The van der Waals surface area contributed by atoms with E-state index >= 15 is 0 Å². The maximum Gasteiger partial charge on any atom is 0.328 e. The maximum atomic E-state index is 13.3. The van der Waals surface area contributed by atoms with E-state index in [9.17, 15) is 33.5 Å². The first-order valence-corrected chi connectivity index (χ1v) is 13.4. The van der Waals surface area contributed by atoms with Gasteiger partial charge in [-0.1, -0.05) is 29.2 Å². The van der Waals surface area contributed by atoms with Crippen molar-refractivity contribution in [3.05, 3.63) is 68.4 Å². The van der Waals surface area contributed by atoms with Crippen molar-refractivity contribution in [3.63, 3.8) is 0 Å². The van der Waals surface area contributed by atoms with Crippen LogP contribution in [0.3, 0.4) is 0 Å². The van der Waals surface area contributed by atoms with E-state index in [-0.39, 0.29) is 18.1 Å². The highest BCUT2D eigenvalue weighted by Gasteiger charge is 2.58. The number of anilines is 1. The fraction of sp³-hybridized carbons (Fsp3) is 0.240. The van der Waals surface area contributed by atoms with Crippen molar-refractivity contribution in [2.45, 2.75) is 29.7 Å². The Morgan fingerprint density at radius 3 is 2.51 bits per heavy atom. The van der Waals surface area contributed by atoms with Crippen molar-refractivity contribution in [2.75, 3.05) is 11.9 Å². The first kappa shape index (κ1) is 26.4. The molecule has 1 saturated heterocycles. The van der Waals surface area contributed by atoms with Gasteiger partial charge in [-0.3, -0.25) is 23.7 Å². The number of nitrogens with zero attached hydrogens (tertiary/aromatic N) is 2. The Balaban J connectivity index is 1.58. The highest BCUT2D eigenvalue weighted by molar-refractivity contribution is 8.00. The molecule has 0 saturated carbocycles. The molecule has 3 aromatic rings. The van der Waals surface area contributed by atoms with E-state index in [1.807, 2.05) is 0 Å². The van der Waals surface area contributed by atoms with E-state index in [2.05, 4.69) is 5.32 Å². The van der Waals surface area contributed by atoms with Gasteiger partial charge in [0, 0.05) is 16.5 Å². The molecule has 3 atom stereocenters. The van der Waals surface area contributed by atoms with Gasteiger partial charge in [0.15, 0.2) is 11.5 Å². The normalized spacial score (nSPS) is 19.9. The number of rotatable bonds is 6. The van der Waals surface area contributed by atoms with Crippen LogP contribution < -0.4 is 20.7 Å². The summed E-state index contributed by atoms with van der Waals surface area (Å²) in [5, 5.41) is 12.0. The molecule has 5 rings (SSSR count). The van der Waals surface area contributed by atoms with Crippen LogP contribution in [0, 0.1) is 11.7 Å². The Morgan fingerprint density at radius 1 is 1.13 bits per heavy atom. The van der Waals surface area contributed by atoms with Crippen LogP contribution in [0.1, 0.15) is 23.3 Å². The number of aromatic nitrogens is 1. The van der Waals surface area contributed by atoms with Crippen LogP contribution in [0.15, 0.2) is 52.3 Å². The van der Waals surface area contributed by atoms with Crippen LogP contribution in [0.5, 0.6) is 11.5 Å². The number of fused-ring (bicyclic) bond motifs is 2. The van der Waals surface area contributed by atoms with Crippen LogP contribution in [-0.2, 0) is 20.9 Å². The van der Waals surface area contributed by atoms with Gasteiger partial charge < -0.3 is 20.9 Å². The minimum Gasteiger partial charge on any atom is -0.504 e. The summed E-state index contributed by atoms with van der Waals surface area (Å²) in [7, 11) is 0. The smallest absolute Gasteiger partial charge is 0.328 e. The summed E-state index contributed by atoms with van der Waals surface area (Å²) < 4.78 is 19.9. The summed E-state index contributed by atoms with van der Waals surface area (Å²) >= 11 is 1.73. The summed E-state index contributed by atoms with van der Waals surface area (Å²) in [6.45, 7) is 1.56. The predicted octanol–water partition coefficient (Wildman–Crippen LogP) is 2.46. The number of ether oxygens (including phenoxy) is 1. The zero-order chi connectivity index (χ0) is 28.0. The van der Waals surface area contributed by atoms with Crippen molar-refractivity contribution in [1.82, 2.24) is 9.47 Å². The number of primary amides is 1. The van der Waals surface area contributed by atoms with Gasteiger partial charge in [-0.05, 0) is 48.9 Å². The first-order valence-electron chi connectivity index (χ1n) is 11.7. The van der Waals surface area contributed by atoms with E-state index in [0.29, 0.717) is 26.1 Å². The number of hydrogen-bond donors (Lipinski definition) is 3. The van der Waals surface area contributed by atoms with Gasteiger partial charge in [0.05, 0.1) is 17.6 Å². The lowest BCUT2D eigenvalue weighted by Gasteiger charge is -2.31. The number of thioether (sulfide) groups is 1. The molecule has 2 aliphatic heterocycles. The number of urea groups is 1. The number of nitrogens with one attached hydrogen (secondary N) is 1. The molecule has 4 N–H and O–H groups in total. The zero-order valence-electron chi connectivity index (χ0n) is 20.3. The second-order valence-corrected chi connectivity index (χ2v) is 10.9. The lowest BCUT2D eigenvalue weighted by Crippen LogP contribution is -2.41. The third-order valence-electron chi connectivity index (χ3n) is 6.34. The van der Waals surface area contributed by atoms with Gasteiger partial charge >= 0.3 is 10.9 Å². The summed E-state index contributed by atoms with van der Waals surface area (Å²) in [6, 6.07) is 8.32. The van der Waals surface area contributed by atoms with Crippen LogP contribution in [0.25, 0.3) is 0 Å². The van der Waals surface area contributed by atoms with Gasteiger partial charge in [0.1, 0.15) is 17.6 Å². The monoisotopic (exact) mass is 572 g/mol. The van der Waals surface area contributed by atoms with Crippen molar-refractivity contribution in [2.24, 2.45) is 11.7 Å². The number of carbonyl (C=O) groups is 4. The number of carbonyl (C=O) groups excluding carboxylic acids is 4. The zero-order valence-corrected chi connectivity index (χ0v) is 21.9. The minimum atomic E-state index is -1.21. The topological polar surface area (TPSA) is 161 Å². The van der Waals surface area contributed by atoms with Crippen molar-refractivity contribution >= 4 is 52.5 Å². The molecule has 39 heavy (non-hydrogen) atoms. The number of imide groups is 3. The minimum absolute atomic E-state index is 0.139. The highest BCUT2D eigenvalue weighted by atomic mass is 32.2. The van der Waals surface area contributed by atoms with Crippen molar-refractivity contribution < 1.29 is 33.4 Å². The number of phenols is 1. The van der Waals surface area contributed by atoms with E-state index in [1.165, 1.54) is 41.0 Å². The number of thiazole rings is 1. The predicted molar refractivity (Wildman–Crippen MR) is 139 cm³/mol. The largest absolute Gasteiger partial charge is 0.504 e. The summed E-state index contributed by atoms with van der Waals surface area (Å²) in [6.07, 6.45) is 0. The molecule has 14 heteroatoms. The molecule has 2 aliphatic rings. The van der Waals surface area contributed by atoms with Crippen LogP contribution in [0.2, 0.25) is 0 Å². The second-order valence-electron chi connectivity index (χ2n) is 8.73. The van der Waals surface area contributed by atoms with Crippen LogP contribution in [0.4, 0.5) is 14.9 Å². The van der Waals surface area contributed by atoms with Crippen molar-refractivity contribution in [3.8, 4) is 11.5 Å². The molecule has 11 nitrogen and oxygen atoms in total. The van der Waals surface area contributed by atoms with Gasteiger partial charge in [0.2, 0.25) is 11.8 Å². The molecule has 0 bridgehead atoms. The van der Waals surface area contributed by atoms with Gasteiger partial charge in [-0.25, -0.2) is 9.18 Å². The Morgan fingerprint density at radius 2 is 1.85 bits per heavy atom. The van der Waals surface area contributed by atoms with E-state index in [0.717, 1.165) is 23.1 Å². The third kappa shape index (κ3) is 4.65. The second kappa shape index (κ2) is 10.2. The number of hydrogen-bond acceptors (Lipinski definition) is 9. The molecule has 1 fully saturated rings. The van der Waals surface area contributed by atoms with Crippen molar-refractivity contribution in [1.29, 1.82) is 0 Å². The fourth-order valence-electron chi connectivity index (χ4n) is 4.70. The molecule has 1 aromatic heterocycles. The first-order chi connectivity index (χ1) is 18.6. The fourth-order valence-corrected chi connectivity index (χ4v) is 7.48. The molecule has 0 aliphatic carbocycles. The summed E-state index contributed by atoms with van der Waals surface area (Å²) in [4.78, 5) is 64.6. The molecule has 5 amide bonds. The number of phenolic OH excluding ortho intramolecular Hbond substituents is 1. The molecular weight excluding hydrogens is 551 g/mol. The maximum absolute atomic E-state index is 13.3. The lowest BCUT2D eigenvalue weighted by atomic mass is 9.83. The molecular formula is C25H21FN4O7S2. The number of halogens is 1. The lowest BCUT2D eigenvalue weighted by molar-refractivity contribution is -0.135. The third-order valence-corrected chi connectivity index (χ3v) is 8.95. The SMILES string of the molecule is CCOc1cc([C@@H]2c3sc(=O)n(CC(=O)Nc4ccc(F)cc4)c3S[C@@H]3C(=O)N(C(N)=O)C(=O)[C@H]23)ccc1O. The number of amides is 5. The molecule has 3 heterocycles. The summed E-state index contributed by atoms with van der Waals surface area (Å²) in [5.41, 5.74) is 6.12.